The van der Waals surface area contributed by atoms with Gasteiger partial charge in [-0.1, -0.05) is 6.92 Å². The minimum atomic E-state index is -0.814. The Hall–Kier alpha value is -1.78. The number of carboxylic acids is 1. The molecular formula is C11H16N2O3. The Kier molecular flexibility index (Phi) is 4.57. The first kappa shape index (κ1) is 12.3. The fraction of sp³-hybridized carbons (Fsp3) is 0.455. The summed E-state index contributed by atoms with van der Waals surface area (Å²) < 4.78 is 5.19. The SMILES string of the molecule is CCOc1ccc(NCC(C)C(=O)O)cn1. The van der Waals surface area contributed by atoms with Crippen molar-refractivity contribution in [3.05, 3.63) is 18.3 Å². The molecule has 0 aliphatic carbocycles. The third-order valence-electron chi connectivity index (χ3n) is 2.06. The van der Waals surface area contributed by atoms with E-state index in [1.807, 2.05) is 13.0 Å². The van der Waals surface area contributed by atoms with Crippen LogP contribution in [0, 0.1) is 5.92 Å². The number of anilines is 1. The van der Waals surface area contributed by atoms with Crippen molar-refractivity contribution in [2.24, 2.45) is 5.92 Å². The fourth-order valence-corrected chi connectivity index (χ4v) is 1.08. The summed E-state index contributed by atoms with van der Waals surface area (Å²) >= 11 is 0. The number of ether oxygens (including phenoxy) is 1. The van der Waals surface area contributed by atoms with Crippen molar-refractivity contribution in [1.29, 1.82) is 0 Å². The van der Waals surface area contributed by atoms with Crippen LogP contribution >= 0.6 is 0 Å². The van der Waals surface area contributed by atoms with Crippen molar-refractivity contribution in [2.45, 2.75) is 13.8 Å². The zero-order valence-electron chi connectivity index (χ0n) is 9.43. The van der Waals surface area contributed by atoms with Crippen molar-refractivity contribution in [3.63, 3.8) is 0 Å². The fourth-order valence-electron chi connectivity index (χ4n) is 1.08. The van der Waals surface area contributed by atoms with E-state index in [0.29, 0.717) is 19.0 Å². The number of hydrogen-bond donors (Lipinski definition) is 2. The van der Waals surface area contributed by atoms with Gasteiger partial charge in [-0.25, -0.2) is 4.98 Å². The molecule has 2 N–H and O–H groups in total. The zero-order chi connectivity index (χ0) is 12.0. The maximum absolute atomic E-state index is 10.6. The van der Waals surface area contributed by atoms with Gasteiger partial charge in [-0.3, -0.25) is 4.79 Å². The van der Waals surface area contributed by atoms with E-state index in [2.05, 4.69) is 10.3 Å². The van der Waals surface area contributed by atoms with Gasteiger partial charge in [-0.15, -0.1) is 0 Å². The average Bonchev–Trinajstić information content (AvgIpc) is 2.28. The van der Waals surface area contributed by atoms with Gasteiger partial charge in [0.25, 0.3) is 0 Å². The Morgan fingerprint density at radius 1 is 1.62 bits per heavy atom. The van der Waals surface area contributed by atoms with Crippen LogP contribution in [0.5, 0.6) is 5.88 Å². The molecule has 1 aromatic rings. The second kappa shape index (κ2) is 5.95. The first-order chi connectivity index (χ1) is 7.63. The van der Waals surface area contributed by atoms with Crippen LogP contribution in [-0.2, 0) is 4.79 Å². The minimum Gasteiger partial charge on any atom is -0.481 e. The van der Waals surface area contributed by atoms with Gasteiger partial charge in [0, 0.05) is 12.6 Å². The summed E-state index contributed by atoms with van der Waals surface area (Å²) in [5.41, 5.74) is 0.788. The highest BCUT2D eigenvalue weighted by molar-refractivity contribution is 5.70. The predicted octanol–water partition coefficient (Wildman–Crippen LogP) is 1.61. The van der Waals surface area contributed by atoms with E-state index in [9.17, 15) is 4.79 Å². The number of nitrogens with one attached hydrogen (secondary N) is 1. The highest BCUT2D eigenvalue weighted by Gasteiger charge is 2.09. The number of pyridine rings is 1. The topological polar surface area (TPSA) is 71.5 Å². The summed E-state index contributed by atoms with van der Waals surface area (Å²) in [7, 11) is 0. The number of aliphatic carboxylic acids is 1. The molecule has 1 atom stereocenters. The Morgan fingerprint density at radius 2 is 2.38 bits per heavy atom. The quantitative estimate of drug-likeness (QED) is 0.768. The van der Waals surface area contributed by atoms with Crippen molar-refractivity contribution in [2.75, 3.05) is 18.5 Å². The highest BCUT2D eigenvalue weighted by Crippen LogP contribution is 2.11. The summed E-state index contributed by atoms with van der Waals surface area (Å²) in [6.07, 6.45) is 1.62. The Labute approximate surface area is 94.5 Å². The normalized spacial score (nSPS) is 11.9. The van der Waals surface area contributed by atoms with Gasteiger partial charge in [0.1, 0.15) is 0 Å². The molecule has 5 heteroatoms. The first-order valence-corrected chi connectivity index (χ1v) is 5.19. The van der Waals surface area contributed by atoms with Crippen LogP contribution in [0.15, 0.2) is 18.3 Å². The molecule has 0 radical (unpaired) electrons. The van der Waals surface area contributed by atoms with Crippen LogP contribution in [0.4, 0.5) is 5.69 Å². The lowest BCUT2D eigenvalue weighted by Gasteiger charge is -2.09. The summed E-state index contributed by atoms with van der Waals surface area (Å²) in [6, 6.07) is 3.56. The third kappa shape index (κ3) is 3.76. The molecule has 16 heavy (non-hydrogen) atoms. The van der Waals surface area contributed by atoms with Gasteiger partial charge >= 0.3 is 5.97 Å². The molecular weight excluding hydrogens is 208 g/mol. The van der Waals surface area contributed by atoms with E-state index in [1.54, 1.807) is 19.2 Å². The lowest BCUT2D eigenvalue weighted by molar-refractivity contribution is -0.140. The molecule has 0 aliphatic rings. The highest BCUT2D eigenvalue weighted by atomic mass is 16.5. The molecule has 0 saturated heterocycles. The van der Waals surface area contributed by atoms with Gasteiger partial charge in [-0.05, 0) is 13.0 Å². The summed E-state index contributed by atoms with van der Waals surface area (Å²) in [4.78, 5) is 14.6. The molecule has 0 fully saturated rings. The van der Waals surface area contributed by atoms with Crippen LogP contribution in [0.25, 0.3) is 0 Å². The van der Waals surface area contributed by atoms with E-state index in [1.165, 1.54) is 0 Å². The molecule has 0 aliphatic heterocycles. The molecule has 0 amide bonds. The van der Waals surface area contributed by atoms with Gasteiger partial charge < -0.3 is 15.2 Å². The van der Waals surface area contributed by atoms with Gasteiger partial charge in [-0.2, -0.15) is 0 Å². The number of carbonyl (C=O) groups is 1. The number of carboxylic acid groups (broad SMARTS) is 1. The van der Waals surface area contributed by atoms with Crippen LogP contribution in [0.3, 0.4) is 0 Å². The standard InChI is InChI=1S/C11H16N2O3/c1-3-16-10-5-4-9(7-13-10)12-6-8(2)11(14)15/h4-5,7-8,12H,3,6H2,1-2H3,(H,14,15). The predicted molar refractivity (Wildman–Crippen MR) is 60.7 cm³/mol. The molecule has 1 heterocycles. The zero-order valence-corrected chi connectivity index (χ0v) is 9.43. The maximum atomic E-state index is 10.6. The Bertz CT molecular complexity index is 338. The molecule has 0 bridgehead atoms. The van der Waals surface area contributed by atoms with E-state index in [0.717, 1.165) is 5.69 Å². The largest absolute Gasteiger partial charge is 0.481 e. The smallest absolute Gasteiger partial charge is 0.308 e. The number of rotatable bonds is 6. The maximum Gasteiger partial charge on any atom is 0.308 e. The van der Waals surface area contributed by atoms with Crippen molar-refractivity contribution < 1.29 is 14.6 Å². The van der Waals surface area contributed by atoms with Crippen molar-refractivity contribution in [1.82, 2.24) is 4.98 Å². The first-order valence-electron chi connectivity index (χ1n) is 5.19. The number of hydrogen-bond acceptors (Lipinski definition) is 4. The van der Waals surface area contributed by atoms with E-state index < -0.39 is 11.9 Å². The summed E-state index contributed by atoms with van der Waals surface area (Å²) in [6.45, 7) is 4.50. The van der Waals surface area contributed by atoms with Gasteiger partial charge in [0.2, 0.25) is 5.88 Å². The molecule has 1 aromatic heterocycles. The second-order valence-electron chi connectivity index (χ2n) is 3.44. The van der Waals surface area contributed by atoms with Crippen molar-refractivity contribution >= 4 is 11.7 Å². The third-order valence-corrected chi connectivity index (χ3v) is 2.06. The van der Waals surface area contributed by atoms with Gasteiger partial charge in [0.05, 0.1) is 24.4 Å². The molecule has 0 aromatic carbocycles. The van der Waals surface area contributed by atoms with E-state index in [-0.39, 0.29) is 0 Å². The lowest BCUT2D eigenvalue weighted by atomic mass is 10.2. The Morgan fingerprint density at radius 3 is 2.88 bits per heavy atom. The average molecular weight is 224 g/mol. The van der Waals surface area contributed by atoms with Crippen LogP contribution in [0.1, 0.15) is 13.8 Å². The van der Waals surface area contributed by atoms with E-state index in [4.69, 9.17) is 9.84 Å². The molecule has 1 unspecified atom stereocenters. The molecule has 5 nitrogen and oxygen atoms in total. The van der Waals surface area contributed by atoms with Crippen LogP contribution in [0.2, 0.25) is 0 Å². The summed E-state index contributed by atoms with van der Waals surface area (Å²) in [5.74, 6) is -0.669. The second-order valence-corrected chi connectivity index (χ2v) is 3.44. The minimum absolute atomic E-state index is 0.380. The molecule has 0 saturated carbocycles. The molecule has 1 rings (SSSR count). The molecule has 88 valence electrons. The van der Waals surface area contributed by atoms with Crippen molar-refractivity contribution in [3.8, 4) is 5.88 Å². The lowest BCUT2D eigenvalue weighted by Crippen LogP contribution is -2.19. The molecule has 0 spiro atoms. The number of nitrogens with zero attached hydrogens (tertiary/aromatic N) is 1. The summed E-state index contributed by atoms with van der Waals surface area (Å²) in [5, 5.41) is 11.7. The van der Waals surface area contributed by atoms with Crippen LogP contribution in [-0.4, -0.2) is 29.2 Å². The van der Waals surface area contributed by atoms with Crippen LogP contribution < -0.4 is 10.1 Å². The van der Waals surface area contributed by atoms with E-state index >= 15 is 0 Å². The Balaban J connectivity index is 2.46. The van der Waals surface area contributed by atoms with Gasteiger partial charge in [0.15, 0.2) is 0 Å². The number of aromatic nitrogens is 1. The monoisotopic (exact) mass is 224 g/mol.